The van der Waals surface area contributed by atoms with Crippen molar-refractivity contribution in [2.75, 3.05) is 12.4 Å². The number of anilines is 1. The third-order valence-electron chi connectivity index (χ3n) is 3.48. The predicted octanol–water partition coefficient (Wildman–Crippen LogP) is 3.00. The fourth-order valence-electron chi connectivity index (χ4n) is 2.49. The van der Waals surface area contributed by atoms with Crippen molar-refractivity contribution < 1.29 is 14.5 Å². The molecule has 20 heavy (non-hydrogen) atoms. The summed E-state index contributed by atoms with van der Waals surface area (Å²) in [5.74, 6) is -0.358. The van der Waals surface area contributed by atoms with Crippen LogP contribution >= 0.6 is 11.6 Å². The summed E-state index contributed by atoms with van der Waals surface area (Å²) in [5.41, 5.74) is 0.369. The Labute approximate surface area is 121 Å². The van der Waals surface area contributed by atoms with E-state index in [1.807, 2.05) is 0 Å². The lowest BCUT2D eigenvalue weighted by Crippen LogP contribution is -2.19. The summed E-state index contributed by atoms with van der Waals surface area (Å²) in [5, 5.41) is 14.4. The number of methoxy groups -OCH3 is 1. The first-order valence-corrected chi connectivity index (χ1v) is 6.67. The third kappa shape index (κ3) is 3.19. The van der Waals surface area contributed by atoms with Crippen LogP contribution in [0, 0.1) is 16.0 Å². The number of ether oxygens (including phenoxy) is 1. The molecule has 0 radical (unpaired) electrons. The molecule has 1 aliphatic carbocycles. The Hall–Kier alpha value is -1.82. The minimum atomic E-state index is -0.471. The lowest BCUT2D eigenvalue weighted by Gasteiger charge is -2.14. The summed E-state index contributed by atoms with van der Waals surface area (Å²) in [6, 6.07) is 4.53. The van der Waals surface area contributed by atoms with Gasteiger partial charge in [0.25, 0.3) is 5.69 Å². The van der Waals surface area contributed by atoms with Crippen molar-refractivity contribution in [3.63, 3.8) is 0 Å². The molecule has 0 heterocycles. The second-order valence-corrected chi connectivity index (χ2v) is 5.23. The molecule has 1 aliphatic rings. The third-order valence-corrected chi connectivity index (χ3v) is 3.72. The Morgan fingerprint density at radius 3 is 2.90 bits per heavy atom. The Morgan fingerprint density at radius 1 is 1.50 bits per heavy atom. The van der Waals surface area contributed by atoms with Gasteiger partial charge in [0, 0.05) is 17.1 Å². The number of halogens is 1. The van der Waals surface area contributed by atoms with Gasteiger partial charge in [0.1, 0.15) is 5.69 Å². The highest BCUT2D eigenvalue weighted by Gasteiger charge is 2.31. The second kappa shape index (κ2) is 6.09. The van der Waals surface area contributed by atoms with Crippen LogP contribution in [0.15, 0.2) is 18.2 Å². The standard InChI is InChI=1S/C13H15ClN2O4/c1-20-13(17)8-2-4-10(6-8)15-11-5-3-9(14)7-12(11)16(18)19/h3,5,7-8,10,15H,2,4,6H2,1H3/t8-,10+/m0/s1. The lowest BCUT2D eigenvalue weighted by molar-refractivity contribution is -0.384. The molecule has 0 saturated heterocycles. The Balaban J connectivity index is 2.08. The number of nitro benzene ring substituents is 1. The largest absolute Gasteiger partial charge is 0.469 e. The van der Waals surface area contributed by atoms with Crippen LogP contribution in [0.25, 0.3) is 0 Å². The molecule has 2 atom stereocenters. The van der Waals surface area contributed by atoms with Gasteiger partial charge in [0.15, 0.2) is 0 Å². The van der Waals surface area contributed by atoms with Gasteiger partial charge in [0.05, 0.1) is 18.0 Å². The maximum Gasteiger partial charge on any atom is 0.308 e. The molecule has 0 amide bonds. The molecule has 0 bridgehead atoms. The van der Waals surface area contributed by atoms with Gasteiger partial charge < -0.3 is 10.1 Å². The van der Waals surface area contributed by atoms with Crippen LogP contribution in [-0.2, 0) is 9.53 Å². The summed E-state index contributed by atoms with van der Waals surface area (Å²) in [7, 11) is 1.37. The number of nitrogens with one attached hydrogen (secondary N) is 1. The Morgan fingerprint density at radius 2 is 2.25 bits per heavy atom. The maximum atomic E-state index is 11.5. The molecule has 1 aromatic rings. The maximum absolute atomic E-state index is 11.5. The van der Waals surface area contributed by atoms with E-state index in [0.717, 1.165) is 12.8 Å². The minimum Gasteiger partial charge on any atom is -0.469 e. The van der Waals surface area contributed by atoms with Crippen LogP contribution in [0.4, 0.5) is 11.4 Å². The zero-order valence-corrected chi connectivity index (χ0v) is 11.7. The highest BCUT2D eigenvalue weighted by molar-refractivity contribution is 6.30. The number of benzene rings is 1. The summed E-state index contributed by atoms with van der Waals surface area (Å²) < 4.78 is 4.72. The summed E-state index contributed by atoms with van der Waals surface area (Å²) in [4.78, 5) is 22.0. The molecule has 6 nitrogen and oxygen atoms in total. The van der Waals surface area contributed by atoms with Crippen molar-refractivity contribution in [3.05, 3.63) is 33.3 Å². The molecule has 108 valence electrons. The normalized spacial score (nSPS) is 21.5. The van der Waals surface area contributed by atoms with Crippen molar-refractivity contribution in [1.29, 1.82) is 0 Å². The molecule has 0 aliphatic heterocycles. The van der Waals surface area contributed by atoms with E-state index in [1.54, 1.807) is 12.1 Å². The zero-order valence-electron chi connectivity index (χ0n) is 11.0. The topological polar surface area (TPSA) is 81.5 Å². The molecular weight excluding hydrogens is 284 g/mol. The fraction of sp³-hybridized carbons (Fsp3) is 0.462. The molecule has 1 fully saturated rings. The molecule has 0 spiro atoms. The molecular formula is C13H15ClN2O4. The first-order chi connectivity index (χ1) is 9.51. The number of nitrogens with zero attached hydrogens (tertiary/aromatic N) is 1. The number of carbonyl (C=O) groups excluding carboxylic acids is 1. The predicted molar refractivity (Wildman–Crippen MR) is 74.9 cm³/mol. The SMILES string of the molecule is COC(=O)[C@H]1CC[C@@H](Nc2ccc(Cl)cc2[N+](=O)[O-])C1. The first-order valence-electron chi connectivity index (χ1n) is 6.29. The van der Waals surface area contributed by atoms with Gasteiger partial charge in [0.2, 0.25) is 0 Å². The van der Waals surface area contributed by atoms with Gasteiger partial charge in [-0.2, -0.15) is 0 Å². The zero-order chi connectivity index (χ0) is 14.7. The van der Waals surface area contributed by atoms with Crippen LogP contribution in [0.2, 0.25) is 5.02 Å². The molecule has 1 aromatic carbocycles. The first kappa shape index (κ1) is 14.6. The highest BCUT2D eigenvalue weighted by Crippen LogP contribution is 2.33. The summed E-state index contributed by atoms with van der Waals surface area (Å²) >= 11 is 5.77. The van der Waals surface area contributed by atoms with Gasteiger partial charge in [-0.05, 0) is 31.4 Å². The van der Waals surface area contributed by atoms with Crippen LogP contribution in [-0.4, -0.2) is 24.0 Å². The van der Waals surface area contributed by atoms with E-state index < -0.39 is 4.92 Å². The number of nitro groups is 1. The average Bonchev–Trinajstić information content (AvgIpc) is 2.88. The number of hydrogen-bond donors (Lipinski definition) is 1. The summed E-state index contributed by atoms with van der Waals surface area (Å²) in [6.07, 6.45) is 2.12. The van der Waals surface area contributed by atoms with E-state index in [2.05, 4.69) is 5.32 Å². The van der Waals surface area contributed by atoms with E-state index in [4.69, 9.17) is 16.3 Å². The van der Waals surface area contributed by atoms with Crippen molar-refractivity contribution in [1.82, 2.24) is 0 Å². The summed E-state index contributed by atoms with van der Waals surface area (Å²) in [6.45, 7) is 0. The van der Waals surface area contributed by atoms with E-state index in [0.29, 0.717) is 17.1 Å². The molecule has 0 unspecified atom stereocenters. The monoisotopic (exact) mass is 298 g/mol. The van der Waals surface area contributed by atoms with Gasteiger partial charge in [-0.1, -0.05) is 11.6 Å². The van der Waals surface area contributed by atoms with Crippen molar-refractivity contribution in [3.8, 4) is 0 Å². The van der Waals surface area contributed by atoms with E-state index in [1.165, 1.54) is 13.2 Å². The number of esters is 1. The molecule has 2 rings (SSSR count). The number of hydrogen-bond acceptors (Lipinski definition) is 5. The quantitative estimate of drug-likeness (QED) is 0.525. The molecule has 1 saturated carbocycles. The van der Waals surface area contributed by atoms with Gasteiger partial charge in [-0.3, -0.25) is 14.9 Å². The Bertz CT molecular complexity index is 535. The van der Waals surface area contributed by atoms with Gasteiger partial charge in [-0.15, -0.1) is 0 Å². The van der Waals surface area contributed by atoms with Crippen LogP contribution in [0.1, 0.15) is 19.3 Å². The smallest absolute Gasteiger partial charge is 0.308 e. The fourth-order valence-corrected chi connectivity index (χ4v) is 2.66. The van der Waals surface area contributed by atoms with Crippen molar-refractivity contribution >= 4 is 28.9 Å². The van der Waals surface area contributed by atoms with Gasteiger partial charge >= 0.3 is 5.97 Å². The van der Waals surface area contributed by atoms with Crippen LogP contribution in [0.5, 0.6) is 0 Å². The lowest BCUT2D eigenvalue weighted by atomic mass is 10.1. The van der Waals surface area contributed by atoms with E-state index in [-0.39, 0.29) is 23.6 Å². The van der Waals surface area contributed by atoms with Crippen LogP contribution in [0.3, 0.4) is 0 Å². The number of rotatable bonds is 4. The molecule has 0 aromatic heterocycles. The second-order valence-electron chi connectivity index (χ2n) is 4.79. The minimum absolute atomic E-state index is 0.0268. The average molecular weight is 299 g/mol. The van der Waals surface area contributed by atoms with Crippen molar-refractivity contribution in [2.45, 2.75) is 25.3 Å². The Kier molecular flexibility index (Phi) is 4.44. The van der Waals surface area contributed by atoms with E-state index >= 15 is 0 Å². The van der Waals surface area contributed by atoms with Crippen LogP contribution < -0.4 is 5.32 Å². The number of carbonyl (C=O) groups is 1. The van der Waals surface area contributed by atoms with Gasteiger partial charge in [-0.25, -0.2) is 0 Å². The molecule has 1 N–H and O–H groups in total. The molecule has 7 heteroatoms. The van der Waals surface area contributed by atoms with E-state index in [9.17, 15) is 14.9 Å². The van der Waals surface area contributed by atoms with Crippen molar-refractivity contribution in [2.24, 2.45) is 5.92 Å². The highest BCUT2D eigenvalue weighted by atomic mass is 35.5.